The number of anilines is 1. The van der Waals surface area contributed by atoms with Crippen LogP contribution in [0.4, 0.5) is 10.5 Å². The molecule has 1 aromatic rings. The third-order valence-corrected chi connectivity index (χ3v) is 4.75. The first-order valence-corrected chi connectivity index (χ1v) is 9.21. The molecule has 8 heteroatoms. The molecular weight excluding hydrogens is 344 g/mol. The maximum Gasteiger partial charge on any atom is 0.410 e. The van der Waals surface area contributed by atoms with Crippen LogP contribution >= 0.6 is 0 Å². The Hall–Kier alpha value is -1.93. The third-order valence-electron chi connectivity index (χ3n) is 3.90. The summed E-state index contributed by atoms with van der Waals surface area (Å²) in [5.74, 6) is 0. The van der Waals surface area contributed by atoms with Crippen LogP contribution in [0.2, 0.25) is 0 Å². The van der Waals surface area contributed by atoms with Gasteiger partial charge in [-0.25, -0.2) is 9.00 Å². The minimum absolute atomic E-state index is 0.174. The van der Waals surface area contributed by atoms with E-state index in [0.717, 1.165) is 6.29 Å². The van der Waals surface area contributed by atoms with Crippen molar-refractivity contribution >= 4 is 29.3 Å². The van der Waals surface area contributed by atoms with Gasteiger partial charge < -0.3 is 9.64 Å². The number of nitrogens with zero attached hydrogens (tertiary/aromatic N) is 2. The highest BCUT2D eigenvalue weighted by molar-refractivity contribution is 7.80. The van der Waals surface area contributed by atoms with E-state index in [9.17, 15) is 18.4 Å². The van der Waals surface area contributed by atoms with Gasteiger partial charge in [-0.2, -0.15) is 0 Å². The number of benzene rings is 1. The van der Waals surface area contributed by atoms with E-state index in [4.69, 9.17) is 4.74 Å². The van der Waals surface area contributed by atoms with Crippen molar-refractivity contribution in [1.82, 2.24) is 4.90 Å². The zero-order valence-corrected chi connectivity index (χ0v) is 15.5. The zero-order chi connectivity index (χ0) is 18.6. The predicted octanol–water partition coefficient (Wildman–Crippen LogP) is 2.84. The number of rotatable bonds is 4. The Kier molecular flexibility index (Phi) is 6.18. The Bertz CT molecular complexity index is 633. The summed E-state index contributed by atoms with van der Waals surface area (Å²) in [5, 5.41) is 0. The molecule has 7 nitrogen and oxygen atoms in total. The average Bonchev–Trinajstić information content (AvgIpc) is 2.54. The van der Waals surface area contributed by atoms with E-state index in [2.05, 4.69) is 0 Å². The second-order valence-electron chi connectivity index (χ2n) is 6.96. The zero-order valence-electron chi connectivity index (χ0n) is 14.7. The van der Waals surface area contributed by atoms with Crippen LogP contribution < -0.4 is 4.31 Å². The first-order chi connectivity index (χ1) is 11.7. The summed E-state index contributed by atoms with van der Waals surface area (Å²) < 4.78 is 28.3. The van der Waals surface area contributed by atoms with Gasteiger partial charge in [0.25, 0.3) is 11.3 Å². The molecular formula is C17H24N2O5S. The second-order valence-corrected chi connectivity index (χ2v) is 7.82. The number of ether oxygens (including phenoxy) is 1. The number of piperidine rings is 1. The second kappa shape index (κ2) is 7.97. The SMILES string of the molecule is CC(C)(C)OC(=O)N1CCC(N(c2ccc(C=O)cc2)S(=O)O)CC1. The maximum absolute atomic E-state index is 12.1. The van der Waals surface area contributed by atoms with Crippen LogP contribution in [-0.2, 0) is 16.0 Å². The molecule has 1 amide bonds. The van der Waals surface area contributed by atoms with Crippen molar-refractivity contribution in [3.05, 3.63) is 29.8 Å². The Balaban J connectivity index is 2.04. The van der Waals surface area contributed by atoms with E-state index in [1.807, 2.05) is 20.8 Å². The molecule has 1 aliphatic rings. The van der Waals surface area contributed by atoms with Crippen LogP contribution in [-0.4, -0.2) is 50.8 Å². The maximum atomic E-state index is 12.1. The predicted molar refractivity (Wildman–Crippen MR) is 95.9 cm³/mol. The Morgan fingerprint density at radius 2 is 1.84 bits per heavy atom. The van der Waals surface area contributed by atoms with Crippen molar-refractivity contribution in [3.8, 4) is 0 Å². The molecule has 1 unspecified atom stereocenters. The molecule has 0 radical (unpaired) electrons. The van der Waals surface area contributed by atoms with Crippen LogP contribution in [0.5, 0.6) is 0 Å². The fourth-order valence-corrected chi connectivity index (χ4v) is 3.51. The average molecular weight is 368 g/mol. The summed E-state index contributed by atoms with van der Waals surface area (Å²) >= 11 is -2.19. The molecule has 0 saturated carbocycles. The number of likely N-dealkylation sites (tertiary alicyclic amines) is 1. The monoisotopic (exact) mass is 368 g/mol. The molecule has 1 saturated heterocycles. The topological polar surface area (TPSA) is 87.2 Å². The molecule has 1 heterocycles. The molecule has 0 spiro atoms. The Morgan fingerprint density at radius 1 is 1.28 bits per heavy atom. The summed E-state index contributed by atoms with van der Waals surface area (Å²) in [6, 6.07) is 6.35. The van der Waals surface area contributed by atoms with Gasteiger partial charge in [0.15, 0.2) is 0 Å². The highest BCUT2D eigenvalue weighted by atomic mass is 32.2. The van der Waals surface area contributed by atoms with Gasteiger partial charge in [-0.05, 0) is 57.9 Å². The fraction of sp³-hybridized carbons (Fsp3) is 0.529. The van der Waals surface area contributed by atoms with Crippen molar-refractivity contribution in [3.63, 3.8) is 0 Å². The van der Waals surface area contributed by atoms with Crippen LogP contribution in [0, 0.1) is 0 Å². The summed E-state index contributed by atoms with van der Waals surface area (Å²) in [4.78, 5) is 24.5. The molecule has 138 valence electrons. The molecule has 2 rings (SSSR count). The van der Waals surface area contributed by atoms with Crippen LogP contribution in [0.3, 0.4) is 0 Å². The molecule has 1 atom stereocenters. The first-order valence-electron chi connectivity index (χ1n) is 8.14. The van der Waals surface area contributed by atoms with E-state index in [-0.39, 0.29) is 12.1 Å². The van der Waals surface area contributed by atoms with E-state index in [0.29, 0.717) is 37.2 Å². The van der Waals surface area contributed by atoms with Gasteiger partial charge in [0.05, 0.1) is 5.69 Å². The van der Waals surface area contributed by atoms with Gasteiger partial charge in [0.2, 0.25) is 0 Å². The minimum atomic E-state index is -2.19. The number of carbonyl (C=O) groups excluding carboxylic acids is 2. The summed E-state index contributed by atoms with van der Waals surface area (Å²) in [6.45, 7) is 6.37. The lowest BCUT2D eigenvalue weighted by molar-refractivity contribution is 0.0207. The number of amides is 1. The summed E-state index contributed by atoms with van der Waals surface area (Å²) in [6.07, 6.45) is 1.48. The minimum Gasteiger partial charge on any atom is -0.444 e. The number of aldehydes is 1. The van der Waals surface area contributed by atoms with Crippen LogP contribution in [0.1, 0.15) is 44.0 Å². The third kappa shape index (κ3) is 5.27. The van der Waals surface area contributed by atoms with Crippen LogP contribution in [0.15, 0.2) is 24.3 Å². The quantitative estimate of drug-likeness (QED) is 0.652. The van der Waals surface area contributed by atoms with Gasteiger partial charge in [-0.15, -0.1) is 0 Å². The van der Waals surface area contributed by atoms with E-state index < -0.39 is 16.9 Å². The lowest BCUT2D eigenvalue weighted by atomic mass is 10.0. The highest BCUT2D eigenvalue weighted by Crippen LogP contribution is 2.26. The molecule has 1 aromatic carbocycles. The smallest absolute Gasteiger partial charge is 0.410 e. The summed E-state index contributed by atoms with van der Waals surface area (Å²) in [7, 11) is 0. The van der Waals surface area contributed by atoms with Gasteiger partial charge in [-0.3, -0.25) is 13.7 Å². The largest absolute Gasteiger partial charge is 0.444 e. The summed E-state index contributed by atoms with van der Waals surface area (Å²) in [5.41, 5.74) is 0.529. The van der Waals surface area contributed by atoms with Gasteiger partial charge in [-0.1, -0.05) is 0 Å². The van der Waals surface area contributed by atoms with Crippen molar-refractivity contribution in [2.24, 2.45) is 0 Å². The molecule has 1 fully saturated rings. The number of carbonyl (C=O) groups is 2. The molecule has 0 aromatic heterocycles. The van der Waals surface area contributed by atoms with Crippen molar-refractivity contribution in [2.45, 2.75) is 45.3 Å². The Labute approximate surface area is 150 Å². The molecule has 1 aliphatic heterocycles. The molecule has 25 heavy (non-hydrogen) atoms. The van der Waals surface area contributed by atoms with Gasteiger partial charge in [0.1, 0.15) is 11.9 Å². The number of hydrogen-bond acceptors (Lipinski definition) is 4. The van der Waals surface area contributed by atoms with E-state index in [1.54, 1.807) is 29.2 Å². The lowest BCUT2D eigenvalue weighted by Gasteiger charge is -2.37. The molecule has 1 N–H and O–H groups in total. The van der Waals surface area contributed by atoms with Crippen molar-refractivity contribution in [2.75, 3.05) is 17.4 Å². The fourth-order valence-electron chi connectivity index (χ4n) is 2.74. The van der Waals surface area contributed by atoms with Gasteiger partial charge in [0, 0.05) is 24.7 Å². The lowest BCUT2D eigenvalue weighted by Crippen LogP contribution is -2.48. The van der Waals surface area contributed by atoms with Crippen molar-refractivity contribution in [1.29, 1.82) is 0 Å². The number of hydrogen-bond donors (Lipinski definition) is 1. The highest BCUT2D eigenvalue weighted by Gasteiger charge is 2.31. The van der Waals surface area contributed by atoms with Crippen LogP contribution in [0.25, 0.3) is 0 Å². The van der Waals surface area contributed by atoms with Crippen molar-refractivity contribution < 1.29 is 23.1 Å². The molecule has 0 bridgehead atoms. The van der Waals surface area contributed by atoms with E-state index in [1.165, 1.54) is 4.31 Å². The first kappa shape index (κ1) is 19.4. The van der Waals surface area contributed by atoms with E-state index >= 15 is 0 Å². The molecule has 0 aliphatic carbocycles. The van der Waals surface area contributed by atoms with Gasteiger partial charge >= 0.3 is 6.09 Å². The Morgan fingerprint density at radius 3 is 2.28 bits per heavy atom. The normalized spacial score (nSPS) is 17.0. The standard InChI is InChI=1S/C17H24N2O5S/c1-17(2,3)24-16(21)18-10-8-15(9-11-18)19(25(22)23)14-6-4-13(12-20)5-7-14/h4-7,12,15H,8-11H2,1-3H3,(H,22,23).